The third-order valence-corrected chi connectivity index (χ3v) is 3.45. The molecule has 1 aromatic carbocycles. The first-order chi connectivity index (χ1) is 8.29. The van der Waals surface area contributed by atoms with Gasteiger partial charge in [0, 0.05) is 11.3 Å². The molecule has 0 radical (unpaired) electrons. The minimum atomic E-state index is 0.731. The molecule has 2 heteroatoms. The van der Waals surface area contributed by atoms with E-state index in [1.807, 2.05) is 18.2 Å². The van der Waals surface area contributed by atoms with Crippen molar-refractivity contribution in [1.82, 2.24) is 0 Å². The Bertz CT molecular complexity index is 392. The average molecular weight is 231 g/mol. The molecule has 2 rings (SSSR count). The standard InChI is InChI=1S/C15H21NO/c1-17-15-10-9-14(16)11-13(15)8-7-12-5-3-2-4-6-12/h7-12H,2-6,16H2,1H3/b8-7+. The van der Waals surface area contributed by atoms with Crippen LogP contribution in [0.1, 0.15) is 37.7 Å². The maximum absolute atomic E-state index is 5.80. The molecule has 0 heterocycles. The van der Waals surface area contributed by atoms with Crippen molar-refractivity contribution >= 4 is 11.8 Å². The summed E-state index contributed by atoms with van der Waals surface area (Å²) >= 11 is 0. The molecular formula is C15H21NO. The summed E-state index contributed by atoms with van der Waals surface area (Å²) in [6, 6.07) is 5.77. The van der Waals surface area contributed by atoms with Gasteiger partial charge in [-0.05, 0) is 37.0 Å². The van der Waals surface area contributed by atoms with Crippen LogP contribution in [0.4, 0.5) is 5.69 Å². The van der Waals surface area contributed by atoms with Crippen molar-refractivity contribution in [3.05, 3.63) is 29.8 Å². The maximum atomic E-state index is 5.80. The second-order valence-electron chi connectivity index (χ2n) is 4.76. The number of hydrogen-bond acceptors (Lipinski definition) is 2. The number of allylic oxidation sites excluding steroid dienone is 1. The van der Waals surface area contributed by atoms with Gasteiger partial charge in [-0.3, -0.25) is 0 Å². The van der Waals surface area contributed by atoms with Gasteiger partial charge in [0.05, 0.1) is 7.11 Å². The van der Waals surface area contributed by atoms with E-state index in [0.717, 1.165) is 22.9 Å². The fourth-order valence-electron chi connectivity index (χ4n) is 2.45. The van der Waals surface area contributed by atoms with E-state index in [1.54, 1.807) is 7.11 Å². The molecule has 0 atom stereocenters. The number of nitrogens with two attached hydrogens (primary N) is 1. The van der Waals surface area contributed by atoms with Crippen molar-refractivity contribution in [3.63, 3.8) is 0 Å². The SMILES string of the molecule is COc1ccc(N)cc1/C=C/C1CCCCC1. The summed E-state index contributed by atoms with van der Waals surface area (Å²) in [6.07, 6.45) is 11.2. The van der Waals surface area contributed by atoms with Gasteiger partial charge in [-0.1, -0.05) is 31.4 Å². The maximum Gasteiger partial charge on any atom is 0.126 e. The first-order valence-corrected chi connectivity index (χ1v) is 6.41. The summed E-state index contributed by atoms with van der Waals surface area (Å²) in [5.74, 6) is 1.63. The largest absolute Gasteiger partial charge is 0.496 e. The molecule has 0 aromatic heterocycles. The summed E-state index contributed by atoms with van der Waals surface area (Å²) in [5, 5.41) is 0. The quantitative estimate of drug-likeness (QED) is 0.801. The van der Waals surface area contributed by atoms with E-state index >= 15 is 0 Å². The second-order valence-corrected chi connectivity index (χ2v) is 4.76. The number of rotatable bonds is 3. The summed E-state index contributed by atoms with van der Waals surface area (Å²) in [6.45, 7) is 0. The average Bonchev–Trinajstić information content (AvgIpc) is 2.38. The molecule has 1 aliphatic carbocycles. The van der Waals surface area contributed by atoms with Crippen molar-refractivity contribution in [3.8, 4) is 5.75 Å². The number of anilines is 1. The highest BCUT2D eigenvalue weighted by atomic mass is 16.5. The zero-order valence-corrected chi connectivity index (χ0v) is 10.5. The van der Waals surface area contributed by atoms with E-state index in [2.05, 4.69) is 12.2 Å². The van der Waals surface area contributed by atoms with Crippen LogP contribution in [0.5, 0.6) is 5.75 Å². The third kappa shape index (κ3) is 3.26. The number of hydrogen-bond donors (Lipinski definition) is 1. The van der Waals surface area contributed by atoms with Crippen LogP contribution in [0.3, 0.4) is 0 Å². The van der Waals surface area contributed by atoms with Gasteiger partial charge < -0.3 is 10.5 Å². The highest BCUT2D eigenvalue weighted by Crippen LogP contribution is 2.27. The van der Waals surface area contributed by atoms with E-state index in [9.17, 15) is 0 Å². The Kier molecular flexibility index (Phi) is 4.08. The molecule has 0 saturated heterocycles. The number of benzene rings is 1. The Morgan fingerprint density at radius 1 is 1.24 bits per heavy atom. The highest BCUT2D eigenvalue weighted by Gasteiger charge is 2.10. The zero-order chi connectivity index (χ0) is 12.1. The summed E-state index contributed by atoms with van der Waals surface area (Å²) in [5.41, 5.74) is 7.67. The topological polar surface area (TPSA) is 35.2 Å². The van der Waals surface area contributed by atoms with E-state index in [1.165, 1.54) is 32.1 Å². The van der Waals surface area contributed by atoms with Crippen molar-refractivity contribution in [1.29, 1.82) is 0 Å². The fraction of sp³-hybridized carbons (Fsp3) is 0.467. The van der Waals surface area contributed by atoms with Crippen molar-refractivity contribution in [2.75, 3.05) is 12.8 Å². The number of methoxy groups -OCH3 is 1. The van der Waals surface area contributed by atoms with Gasteiger partial charge in [-0.15, -0.1) is 0 Å². The van der Waals surface area contributed by atoms with Gasteiger partial charge >= 0.3 is 0 Å². The van der Waals surface area contributed by atoms with Crippen LogP contribution in [-0.4, -0.2) is 7.11 Å². The first-order valence-electron chi connectivity index (χ1n) is 6.41. The lowest BCUT2D eigenvalue weighted by molar-refractivity contribution is 0.413. The third-order valence-electron chi connectivity index (χ3n) is 3.45. The molecule has 0 unspecified atom stereocenters. The summed E-state index contributed by atoms with van der Waals surface area (Å²) < 4.78 is 5.33. The van der Waals surface area contributed by atoms with Crippen LogP contribution < -0.4 is 10.5 Å². The molecule has 1 fully saturated rings. The van der Waals surface area contributed by atoms with Crippen LogP contribution >= 0.6 is 0 Å². The van der Waals surface area contributed by atoms with Gasteiger partial charge in [0.2, 0.25) is 0 Å². The van der Waals surface area contributed by atoms with Crippen molar-refractivity contribution in [2.24, 2.45) is 5.92 Å². The molecule has 92 valence electrons. The van der Waals surface area contributed by atoms with Crippen LogP contribution in [-0.2, 0) is 0 Å². The van der Waals surface area contributed by atoms with Gasteiger partial charge in [0.25, 0.3) is 0 Å². The normalized spacial score (nSPS) is 17.5. The van der Waals surface area contributed by atoms with Crippen LogP contribution in [0.2, 0.25) is 0 Å². The minimum absolute atomic E-state index is 0.731. The predicted octanol–water partition coefficient (Wildman–Crippen LogP) is 3.87. The molecule has 17 heavy (non-hydrogen) atoms. The Labute approximate surface area is 103 Å². The minimum Gasteiger partial charge on any atom is -0.496 e. The number of ether oxygens (including phenoxy) is 1. The van der Waals surface area contributed by atoms with Crippen LogP contribution in [0.25, 0.3) is 6.08 Å². The molecule has 0 amide bonds. The van der Waals surface area contributed by atoms with Crippen molar-refractivity contribution in [2.45, 2.75) is 32.1 Å². The summed E-state index contributed by atoms with van der Waals surface area (Å²) in [4.78, 5) is 0. The lowest BCUT2D eigenvalue weighted by Gasteiger charge is -2.17. The molecule has 2 nitrogen and oxygen atoms in total. The lowest BCUT2D eigenvalue weighted by atomic mass is 9.89. The van der Waals surface area contributed by atoms with Crippen LogP contribution in [0, 0.1) is 5.92 Å². The Balaban J connectivity index is 2.10. The Morgan fingerprint density at radius 2 is 2.00 bits per heavy atom. The fourth-order valence-corrected chi connectivity index (χ4v) is 2.45. The van der Waals surface area contributed by atoms with E-state index in [4.69, 9.17) is 10.5 Å². The Morgan fingerprint density at radius 3 is 2.71 bits per heavy atom. The summed E-state index contributed by atoms with van der Waals surface area (Å²) in [7, 11) is 1.70. The van der Waals surface area contributed by atoms with E-state index < -0.39 is 0 Å². The number of nitrogen functional groups attached to an aromatic ring is 1. The smallest absolute Gasteiger partial charge is 0.126 e. The zero-order valence-electron chi connectivity index (χ0n) is 10.5. The van der Waals surface area contributed by atoms with E-state index in [-0.39, 0.29) is 0 Å². The lowest BCUT2D eigenvalue weighted by Crippen LogP contribution is -2.02. The van der Waals surface area contributed by atoms with Gasteiger partial charge in [0.15, 0.2) is 0 Å². The van der Waals surface area contributed by atoms with Gasteiger partial charge in [-0.2, -0.15) is 0 Å². The molecule has 0 aliphatic heterocycles. The molecule has 0 spiro atoms. The molecule has 0 bridgehead atoms. The first kappa shape index (κ1) is 12.0. The van der Waals surface area contributed by atoms with Crippen molar-refractivity contribution < 1.29 is 4.74 Å². The molecular weight excluding hydrogens is 210 g/mol. The van der Waals surface area contributed by atoms with E-state index in [0.29, 0.717) is 0 Å². The molecule has 1 saturated carbocycles. The highest BCUT2D eigenvalue weighted by molar-refractivity contribution is 5.62. The molecule has 1 aliphatic rings. The van der Waals surface area contributed by atoms with Gasteiger partial charge in [0.1, 0.15) is 5.75 Å². The molecule has 2 N–H and O–H groups in total. The monoisotopic (exact) mass is 231 g/mol. The second kappa shape index (κ2) is 5.76. The Hall–Kier alpha value is -1.44. The molecule has 1 aromatic rings. The van der Waals surface area contributed by atoms with Crippen LogP contribution in [0.15, 0.2) is 24.3 Å². The van der Waals surface area contributed by atoms with Gasteiger partial charge in [-0.25, -0.2) is 0 Å². The predicted molar refractivity (Wildman–Crippen MR) is 73.0 cm³/mol.